The van der Waals surface area contributed by atoms with Gasteiger partial charge in [0.05, 0.1) is 22.0 Å². The van der Waals surface area contributed by atoms with Crippen LogP contribution in [0.4, 0.5) is 0 Å². The highest BCUT2D eigenvalue weighted by Gasteiger charge is 2.26. The van der Waals surface area contributed by atoms with E-state index >= 15 is 0 Å². The van der Waals surface area contributed by atoms with Gasteiger partial charge in [-0.25, -0.2) is 18.2 Å². The summed E-state index contributed by atoms with van der Waals surface area (Å²) in [7, 11) is -3.76. The second-order valence-electron chi connectivity index (χ2n) is 7.97. The van der Waals surface area contributed by atoms with Gasteiger partial charge in [0.15, 0.2) is 0 Å². The number of sulfonamides is 1. The van der Waals surface area contributed by atoms with Gasteiger partial charge in [-0.2, -0.15) is 5.10 Å². The van der Waals surface area contributed by atoms with Gasteiger partial charge in [-0.05, 0) is 49.1 Å². The van der Waals surface area contributed by atoms with Gasteiger partial charge in [0.25, 0.3) is 0 Å². The Morgan fingerprint density at radius 1 is 0.967 bits per heavy atom. The molecule has 30 heavy (non-hydrogen) atoms. The number of hydrogen-bond donors (Lipinski definition) is 2. The summed E-state index contributed by atoms with van der Waals surface area (Å²) >= 11 is 0. The van der Waals surface area contributed by atoms with Gasteiger partial charge in [0.2, 0.25) is 10.0 Å². The van der Waals surface area contributed by atoms with Gasteiger partial charge in [-0.15, -0.1) is 0 Å². The minimum absolute atomic E-state index is 0.0541. The van der Waals surface area contributed by atoms with E-state index in [9.17, 15) is 13.5 Å². The van der Waals surface area contributed by atoms with E-state index in [1.165, 1.54) is 25.0 Å². The molecule has 1 aliphatic rings. The SMILES string of the molecule is NS(=O)(=O)c1ccc(-n2nc(C(O)C3CCCCCC3)cc2-c2ccccc2)cc1. The topological polar surface area (TPSA) is 98.2 Å². The van der Waals surface area contributed by atoms with Crippen LogP contribution in [0.2, 0.25) is 0 Å². The highest BCUT2D eigenvalue weighted by molar-refractivity contribution is 7.89. The van der Waals surface area contributed by atoms with Crippen molar-refractivity contribution in [1.82, 2.24) is 9.78 Å². The summed E-state index contributed by atoms with van der Waals surface area (Å²) in [5.41, 5.74) is 3.18. The van der Waals surface area contributed by atoms with Gasteiger partial charge in [-0.3, -0.25) is 0 Å². The van der Waals surface area contributed by atoms with Crippen LogP contribution in [-0.4, -0.2) is 23.3 Å². The molecule has 0 amide bonds. The Morgan fingerprint density at radius 2 is 1.60 bits per heavy atom. The Balaban J connectivity index is 1.75. The van der Waals surface area contributed by atoms with Crippen LogP contribution in [0.1, 0.15) is 50.3 Å². The van der Waals surface area contributed by atoms with Crippen molar-refractivity contribution in [3.63, 3.8) is 0 Å². The molecule has 1 aromatic heterocycles. The van der Waals surface area contributed by atoms with Crippen molar-refractivity contribution < 1.29 is 13.5 Å². The first-order valence-electron chi connectivity index (χ1n) is 10.4. The minimum Gasteiger partial charge on any atom is -0.386 e. The molecule has 6 nitrogen and oxygen atoms in total. The third-order valence-corrected chi connectivity index (χ3v) is 6.79. The van der Waals surface area contributed by atoms with Crippen molar-refractivity contribution in [3.8, 4) is 16.9 Å². The van der Waals surface area contributed by atoms with Gasteiger partial charge >= 0.3 is 0 Å². The second-order valence-corrected chi connectivity index (χ2v) is 9.53. The molecule has 158 valence electrons. The maximum Gasteiger partial charge on any atom is 0.238 e. The van der Waals surface area contributed by atoms with E-state index in [1.54, 1.807) is 16.8 Å². The summed E-state index contributed by atoms with van der Waals surface area (Å²) in [4.78, 5) is 0.0541. The number of benzene rings is 2. The fourth-order valence-electron chi connectivity index (χ4n) is 4.20. The molecule has 4 rings (SSSR count). The van der Waals surface area contributed by atoms with E-state index in [1.807, 2.05) is 36.4 Å². The summed E-state index contributed by atoms with van der Waals surface area (Å²) in [6, 6.07) is 18.1. The predicted octanol–water partition coefficient (Wildman–Crippen LogP) is 4.19. The highest BCUT2D eigenvalue weighted by atomic mass is 32.2. The summed E-state index contributed by atoms with van der Waals surface area (Å²) in [5, 5.41) is 21.0. The van der Waals surface area contributed by atoms with Crippen molar-refractivity contribution >= 4 is 10.0 Å². The van der Waals surface area contributed by atoms with Crippen LogP contribution in [0.25, 0.3) is 16.9 Å². The van der Waals surface area contributed by atoms with E-state index in [0.29, 0.717) is 11.4 Å². The zero-order valence-corrected chi connectivity index (χ0v) is 17.6. The number of aliphatic hydroxyl groups is 1. The average Bonchev–Trinajstić information content (AvgIpc) is 3.01. The standard InChI is InChI=1S/C23H27N3O3S/c24-30(28,29)20-14-12-19(13-15-20)26-22(17-8-6-3-7-9-17)16-21(25-26)23(27)18-10-4-1-2-5-11-18/h3,6-9,12-16,18,23,27H,1-2,4-5,10-11H2,(H2,24,28,29). The molecule has 1 unspecified atom stereocenters. The Bertz CT molecular complexity index is 1080. The predicted molar refractivity (Wildman–Crippen MR) is 117 cm³/mol. The smallest absolute Gasteiger partial charge is 0.238 e. The second kappa shape index (κ2) is 8.71. The molecule has 1 aliphatic carbocycles. The molecule has 1 atom stereocenters. The zero-order valence-electron chi connectivity index (χ0n) is 16.8. The Kier molecular flexibility index (Phi) is 6.04. The molecule has 7 heteroatoms. The Labute approximate surface area is 177 Å². The first-order valence-corrected chi connectivity index (χ1v) is 11.9. The summed E-state index contributed by atoms with van der Waals surface area (Å²) in [6.07, 6.45) is 6.14. The van der Waals surface area contributed by atoms with Crippen molar-refractivity contribution in [2.45, 2.75) is 49.5 Å². The minimum atomic E-state index is -3.76. The van der Waals surface area contributed by atoms with Crippen molar-refractivity contribution in [3.05, 3.63) is 66.4 Å². The maximum absolute atomic E-state index is 11.6. The summed E-state index contributed by atoms with van der Waals surface area (Å²) in [6.45, 7) is 0. The molecule has 0 saturated heterocycles. The van der Waals surface area contributed by atoms with Crippen molar-refractivity contribution in [2.24, 2.45) is 11.1 Å². The fourth-order valence-corrected chi connectivity index (χ4v) is 4.72. The third-order valence-electron chi connectivity index (χ3n) is 5.86. The van der Waals surface area contributed by atoms with Crippen LogP contribution >= 0.6 is 0 Å². The number of aliphatic hydroxyl groups excluding tert-OH is 1. The molecule has 2 aromatic carbocycles. The quantitative estimate of drug-likeness (QED) is 0.599. The molecule has 0 bridgehead atoms. The largest absolute Gasteiger partial charge is 0.386 e. The third kappa shape index (κ3) is 4.48. The summed E-state index contributed by atoms with van der Waals surface area (Å²) in [5.74, 6) is 0.212. The number of hydrogen-bond acceptors (Lipinski definition) is 4. The van der Waals surface area contributed by atoms with Gasteiger partial charge in [0.1, 0.15) is 6.10 Å². The number of rotatable bonds is 5. The van der Waals surface area contributed by atoms with Gasteiger partial charge < -0.3 is 5.11 Å². The summed E-state index contributed by atoms with van der Waals surface area (Å²) < 4.78 is 24.9. The first-order chi connectivity index (χ1) is 14.4. The van der Waals surface area contributed by atoms with Crippen LogP contribution in [0.15, 0.2) is 65.6 Å². The molecule has 1 saturated carbocycles. The van der Waals surface area contributed by atoms with Crippen molar-refractivity contribution in [1.29, 1.82) is 0 Å². The number of primary sulfonamides is 1. The molecule has 3 N–H and O–H groups in total. The number of aromatic nitrogens is 2. The van der Waals surface area contributed by atoms with E-state index in [0.717, 1.165) is 36.9 Å². The lowest BCUT2D eigenvalue weighted by Gasteiger charge is -2.19. The van der Waals surface area contributed by atoms with Crippen LogP contribution in [-0.2, 0) is 10.0 Å². The molecule has 3 aromatic rings. The number of nitrogens with two attached hydrogens (primary N) is 1. The Morgan fingerprint density at radius 3 is 2.20 bits per heavy atom. The van der Waals surface area contributed by atoms with Gasteiger partial charge in [-0.1, -0.05) is 56.0 Å². The molecule has 0 radical (unpaired) electrons. The molecule has 1 fully saturated rings. The van der Waals surface area contributed by atoms with E-state index in [-0.39, 0.29) is 10.8 Å². The first kappa shape index (κ1) is 20.8. The number of nitrogens with zero attached hydrogens (tertiary/aromatic N) is 2. The van der Waals surface area contributed by atoms with Crippen LogP contribution in [0.5, 0.6) is 0 Å². The van der Waals surface area contributed by atoms with Crippen molar-refractivity contribution in [2.75, 3.05) is 0 Å². The normalized spacial score (nSPS) is 16.9. The van der Waals surface area contributed by atoms with E-state index in [2.05, 4.69) is 0 Å². The van der Waals surface area contributed by atoms with E-state index in [4.69, 9.17) is 10.2 Å². The van der Waals surface area contributed by atoms with Crippen LogP contribution in [0, 0.1) is 5.92 Å². The fraction of sp³-hybridized carbons (Fsp3) is 0.348. The molecule has 1 heterocycles. The molecule has 0 spiro atoms. The Hall–Kier alpha value is -2.48. The monoisotopic (exact) mass is 425 g/mol. The van der Waals surface area contributed by atoms with Gasteiger partial charge in [0, 0.05) is 5.56 Å². The van der Waals surface area contributed by atoms with Crippen LogP contribution < -0.4 is 5.14 Å². The molecular weight excluding hydrogens is 398 g/mol. The average molecular weight is 426 g/mol. The molecule has 0 aliphatic heterocycles. The lowest BCUT2D eigenvalue weighted by Crippen LogP contribution is -2.13. The molecular formula is C23H27N3O3S. The zero-order chi connectivity index (χ0) is 21.1. The highest BCUT2D eigenvalue weighted by Crippen LogP contribution is 2.35. The lowest BCUT2D eigenvalue weighted by atomic mass is 9.92. The maximum atomic E-state index is 11.6. The van der Waals surface area contributed by atoms with Crippen LogP contribution in [0.3, 0.4) is 0 Å². The van der Waals surface area contributed by atoms with E-state index < -0.39 is 16.1 Å². The lowest BCUT2D eigenvalue weighted by molar-refractivity contribution is 0.0944.